The van der Waals surface area contributed by atoms with Crippen LogP contribution in [0.25, 0.3) is 0 Å². The molecule has 0 N–H and O–H groups in total. The van der Waals surface area contributed by atoms with E-state index in [0.29, 0.717) is 25.0 Å². The normalized spacial score (nSPS) is 26.6. The van der Waals surface area contributed by atoms with Gasteiger partial charge in [-0.2, -0.15) is 0 Å². The maximum Gasteiger partial charge on any atom is 0.178 e. The lowest BCUT2D eigenvalue weighted by atomic mass is 9.89. The first-order chi connectivity index (χ1) is 11.6. The molecule has 2 atom stereocenters. The van der Waals surface area contributed by atoms with Gasteiger partial charge in [-0.05, 0) is 25.0 Å². The fourth-order valence-corrected chi connectivity index (χ4v) is 4.53. The number of unbranched alkanes of at least 4 members (excludes halogenated alkanes) is 2. The Bertz CT molecular complexity index is 551. The second-order valence-corrected chi connectivity index (χ2v) is 7.69. The maximum absolute atomic E-state index is 12.9. The largest absolute Gasteiger partial charge is 0.468 e. The minimum absolute atomic E-state index is 0.164. The fraction of sp³-hybridized carbons (Fsp3) is 0.550. The lowest BCUT2D eigenvalue weighted by Gasteiger charge is -2.32. The Balaban J connectivity index is 2.15. The number of furan rings is 1. The first kappa shape index (κ1) is 19.1. The van der Waals surface area contributed by atoms with E-state index in [2.05, 4.69) is 20.1 Å². The summed E-state index contributed by atoms with van der Waals surface area (Å²) in [5, 5.41) is 0. The average Bonchev–Trinajstić information content (AvgIpc) is 3.14. The number of carbonyl (C=O) groups is 1. The summed E-state index contributed by atoms with van der Waals surface area (Å²) in [6, 6.07) is 3.78. The molecule has 0 amide bonds. The van der Waals surface area contributed by atoms with Crippen molar-refractivity contribution in [3.05, 3.63) is 49.5 Å². The van der Waals surface area contributed by atoms with E-state index in [1.54, 1.807) is 12.3 Å². The molecule has 0 aromatic carbocycles. The Morgan fingerprint density at radius 2 is 2.08 bits per heavy atom. The van der Waals surface area contributed by atoms with Gasteiger partial charge in [-0.1, -0.05) is 38.3 Å². The number of ketones is 1. The molecule has 0 saturated carbocycles. The molecule has 3 nitrogen and oxygen atoms in total. The highest BCUT2D eigenvalue weighted by molar-refractivity contribution is 8.00. The van der Waals surface area contributed by atoms with E-state index in [1.807, 2.05) is 18.2 Å². The Morgan fingerprint density at radius 1 is 1.29 bits per heavy atom. The van der Waals surface area contributed by atoms with Crippen molar-refractivity contribution in [1.29, 1.82) is 0 Å². The molecule has 4 heteroatoms. The summed E-state index contributed by atoms with van der Waals surface area (Å²) in [6.45, 7) is 9.88. The van der Waals surface area contributed by atoms with Crippen LogP contribution in [0.15, 0.2) is 48.1 Å². The fourth-order valence-electron chi connectivity index (χ4n) is 3.28. The molecule has 132 valence electrons. The molecule has 1 aliphatic heterocycles. The summed E-state index contributed by atoms with van der Waals surface area (Å²) in [5.41, 5.74) is -0.410. The van der Waals surface area contributed by atoms with Gasteiger partial charge in [-0.3, -0.25) is 4.79 Å². The second-order valence-electron chi connectivity index (χ2n) is 6.45. The van der Waals surface area contributed by atoms with Crippen LogP contribution in [0.4, 0.5) is 0 Å². The Hall–Kier alpha value is -1.26. The third-order valence-corrected chi connectivity index (χ3v) is 5.85. The molecule has 24 heavy (non-hydrogen) atoms. The lowest BCUT2D eigenvalue weighted by molar-refractivity contribution is -0.126. The highest BCUT2D eigenvalue weighted by Gasteiger charge is 2.54. The number of rotatable bonds is 11. The molecule has 0 aliphatic carbocycles. The van der Waals surface area contributed by atoms with Gasteiger partial charge in [0.2, 0.25) is 0 Å². The van der Waals surface area contributed by atoms with Crippen LogP contribution in [0.2, 0.25) is 0 Å². The van der Waals surface area contributed by atoms with E-state index in [1.165, 1.54) is 11.8 Å². The van der Waals surface area contributed by atoms with Gasteiger partial charge in [0.15, 0.2) is 10.7 Å². The van der Waals surface area contributed by atoms with Crippen molar-refractivity contribution in [3.63, 3.8) is 0 Å². The third-order valence-electron chi connectivity index (χ3n) is 4.48. The number of hydrogen-bond donors (Lipinski definition) is 0. The first-order valence-corrected chi connectivity index (χ1v) is 9.70. The summed E-state index contributed by atoms with van der Waals surface area (Å²) in [7, 11) is 0. The number of thioether (sulfide) groups is 1. The highest BCUT2D eigenvalue weighted by Crippen LogP contribution is 2.49. The zero-order chi connectivity index (χ0) is 17.5. The van der Waals surface area contributed by atoms with E-state index in [0.717, 1.165) is 31.4 Å². The predicted molar refractivity (Wildman–Crippen MR) is 99.9 cm³/mol. The van der Waals surface area contributed by atoms with Gasteiger partial charge >= 0.3 is 0 Å². The summed E-state index contributed by atoms with van der Waals surface area (Å²) in [5.74, 6) is 1.63. The SMILES string of the molecule is C=CCC1(CCCCC)CC(=O)C(CC=C)(SCc2ccco2)O1. The number of hydrogen-bond acceptors (Lipinski definition) is 4. The molecule has 0 radical (unpaired) electrons. The molecule has 1 fully saturated rings. The number of carbonyl (C=O) groups excluding carboxylic acids is 1. The summed E-state index contributed by atoms with van der Waals surface area (Å²) >= 11 is 1.52. The van der Waals surface area contributed by atoms with E-state index in [9.17, 15) is 4.79 Å². The van der Waals surface area contributed by atoms with E-state index in [4.69, 9.17) is 9.15 Å². The van der Waals surface area contributed by atoms with Crippen molar-refractivity contribution in [3.8, 4) is 0 Å². The lowest BCUT2D eigenvalue weighted by Crippen LogP contribution is -2.35. The molecular weight excluding hydrogens is 320 g/mol. The number of Topliss-reactive ketones (excluding diaryl/α,β-unsaturated/α-hetero) is 1. The van der Waals surface area contributed by atoms with Gasteiger partial charge < -0.3 is 9.15 Å². The van der Waals surface area contributed by atoms with E-state index in [-0.39, 0.29) is 5.78 Å². The molecule has 2 heterocycles. The first-order valence-electron chi connectivity index (χ1n) is 8.71. The molecule has 0 spiro atoms. The Morgan fingerprint density at radius 3 is 2.71 bits per heavy atom. The van der Waals surface area contributed by atoms with Gasteiger partial charge in [0.1, 0.15) is 5.76 Å². The van der Waals surface area contributed by atoms with Crippen LogP contribution in [-0.4, -0.2) is 16.3 Å². The molecule has 2 rings (SSSR count). The molecule has 1 saturated heterocycles. The molecule has 2 unspecified atom stereocenters. The second kappa shape index (κ2) is 8.72. The topological polar surface area (TPSA) is 39.4 Å². The van der Waals surface area contributed by atoms with Crippen molar-refractivity contribution in [2.24, 2.45) is 0 Å². The molecule has 1 aromatic heterocycles. The smallest absolute Gasteiger partial charge is 0.178 e. The molecule has 0 bridgehead atoms. The minimum Gasteiger partial charge on any atom is -0.468 e. The molecule has 1 aliphatic rings. The highest BCUT2D eigenvalue weighted by atomic mass is 32.2. The quantitative estimate of drug-likeness (QED) is 0.381. The van der Waals surface area contributed by atoms with Crippen LogP contribution in [0.5, 0.6) is 0 Å². The van der Waals surface area contributed by atoms with Gasteiger partial charge in [0.25, 0.3) is 0 Å². The summed E-state index contributed by atoms with van der Waals surface area (Å²) in [4.78, 5) is 12.1. The average molecular weight is 349 g/mol. The van der Waals surface area contributed by atoms with Gasteiger partial charge in [0, 0.05) is 12.8 Å². The summed E-state index contributed by atoms with van der Waals surface area (Å²) in [6.07, 6.45) is 11.3. The number of ether oxygens (including phenoxy) is 1. The van der Waals surface area contributed by atoms with Crippen LogP contribution in [0.3, 0.4) is 0 Å². The van der Waals surface area contributed by atoms with Crippen LogP contribution >= 0.6 is 11.8 Å². The standard InChI is InChI=1S/C20H28O3S/c1-4-7-8-13-19(11-5-2)15-18(21)20(23-19,12-6-3)24-16-17-10-9-14-22-17/h5-6,9-10,14H,2-4,7-8,11-13,15-16H2,1H3. The summed E-state index contributed by atoms with van der Waals surface area (Å²) < 4.78 is 11.9. The predicted octanol–water partition coefficient (Wildman–Crippen LogP) is 5.67. The zero-order valence-electron chi connectivity index (χ0n) is 14.6. The van der Waals surface area contributed by atoms with E-state index >= 15 is 0 Å². The van der Waals surface area contributed by atoms with Crippen LogP contribution < -0.4 is 0 Å². The monoisotopic (exact) mass is 348 g/mol. The van der Waals surface area contributed by atoms with E-state index < -0.39 is 10.5 Å². The van der Waals surface area contributed by atoms with Crippen molar-refractivity contribution in [2.45, 2.75) is 68.2 Å². The van der Waals surface area contributed by atoms with Crippen LogP contribution in [0, 0.1) is 0 Å². The minimum atomic E-state index is -0.843. The van der Waals surface area contributed by atoms with Crippen molar-refractivity contribution < 1.29 is 13.9 Å². The van der Waals surface area contributed by atoms with Gasteiger partial charge in [-0.15, -0.1) is 24.9 Å². The third kappa shape index (κ3) is 4.42. The van der Waals surface area contributed by atoms with Crippen LogP contribution in [-0.2, 0) is 15.3 Å². The zero-order valence-corrected chi connectivity index (χ0v) is 15.4. The van der Waals surface area contributed by atoms with Gasteiger partial charge in [0.05, 0.1) is 17.6 Å². The Labute approximate surface area is 149 Å². The molecule has 1 aromatic rings. The van der Waals surface area contributed by atoms with Crippen molar-refractivity contribution in [2.75, 3.05) is 0 Å². The Kier molecular flexibility index (Phi) is 6.93. The molecular formula is C20H28O3S. The van der Waals surface area contributed by atoms with Crippen molar-refractivity contribution >= 4 is 17.5 Å². The van der Waals surface area contributed by atoms with Gasteiger partial charge in [-0.25, -0.2) is 0 Å². The van der Waals surface area contributed by atoms with Crippen molar-refractivity contribution in [1.82, 2.24) is 0 Å². The van der Waals surface area contributed by atoms with Crippen LogP contribution in [0.1, 0.15) is 57.6 Å². The maximum atomic E-state index is 12.9.